The zero-order chi connectivity index (χ0) is 15.5. The van der Waals surface area contributed by atoms with Crippen LogP contribution in [0.15, 0.2) is 23.1 Å². The summed E-state index contributed by atoms with van der Waals surface area (Å²) < 4.78 is 28.0. The minimum Gasteiger partial charge on any atom is -0.495 e. The van der Waals surface area contributed by atoms with Gasteiger partial charge in [-0.15, -0.1) is 0 Å². The van der Waals surface area contributed by atoms with E-state index in [2.05, 4.69) is 5.32 Å². The highest BCUT2D eigenvalue weighted by Gasteiger charge is 2.20. The SMILES string of the molecule is COc1ccc(C(=O)NCC2CCCC2)cc1S(=O)(=O)Cl. The van der Waals surface area contributed by atoms with Gasteiger partial charge in [0.1, 0.15) is 10.6 Å². The third-order valence-corrected chi connectivity index (χ3v) is 5.06. The molecular formula is C14H18ClNO4S. The van der Waals surface area contributed by atoms with Crippen molar-refractivity contribution in [1.82, 2.24) is 5.32 Å². The lowest BCUT2D eigenvalue weighted by Gasteiger charge is -2.12. The van der Waals surface area contributed by atoms with E-state index in [4.69, 9.17) is 15.4 Å². The maximum Gasteiger partial charge on any atom is 0.265 e. The summed E-state index contributed by atoms with van der Waals surface area (Å²) in [5.41, 5.74) is 0.257. The molecular weight excluding hydrogens is 314 g/mol. The molecule has 0 bridgehead atoms. The van der Waals surface area contributed by atoms with Crippen LogP contribution in [0.4, 0.5) is 0 Å². The summed E-state index contributed by atoms with van der Waals surface area (Å²) in [6.07, 6.45) is 4.67. The molecule has 0 heterocycles. The number of rotatable bonds is 5. The maximum atomic E-state index is 12.1. The van der Waals surface area contributed by atoms with Gasteiger partial charge in [0.25, 0.3) is 15.0 Å². The van der Waals surface area contributed by atoms with E-state index in [0.717, 1.165) is 12.8 Å². The predicted octanol–water partition coefficient (Wildman–Crippen LogP) is 2.54. The van der Waals surface area contributed by atoms with Crippen LogP contribution in [0.2, 0.25) is 0 Å². The number of methoxy groups -OCH3 is 1. The molecule has 0 aliphatic heterocycles. The van der Waals surface area contributed by atoms with Gasteiger partial charge in [-0.1, -0.05) is 12.8 Å². The topological polar surface area (TPSA) is 72.5 Å². The number of ether oxygens (including phenoxy) is 1. The molecule has 2 rings (SSSR count). The van der Waals surface area contributed by atoms with Gasteiger partial charge < -0.3 is 10.1 Å². The number of carbonyl (C=O) groups excluding carboxylic acids is 1. The highest BCUT2D eigenvalue weighted by molar-refractivity contribution is 8.13. The van der Waals surface area contributed by atoms with Gasteiger partial charge in [0.2, 0.25) is 0 Å². The first-order chi connectivity index (χ1) is 9.91. The molecule has 0 spiro atoms. The molecule has 1 amide bonds. The Bertz CT molecular complexity index is 624. The van der Waals surface area contributed by atoms with Crippen molar-refractivity contribution in [3.63, 3.8) is 0 Å². The van der Waals surface area contributed by atoms with Crippen molar-refractivity contribution in [1.29, 1.82) is 0 Å². The number of carbonyl (C=O) groups is 1. The standard InChI is InChI=1S/C14H18ClNO4S/c1-20-12-7-6-11(8-13(12)21(15,18)19)14(17)16-9-10-4-2-3-5-10/h6-8,10H,2-5,9H2,1H3,(H,16,17). The van der Waals surface area contributed by atoms with Crippen LogP contribution in [0, 0.1) is 5.92 Å². The van der Waals surface area contributed by atoms with Gasteiger partial charge in [0.15, 0.2) is 0 Å². The molecule has 21 heavy (non-hydrogen) atoms. The van der Waals surface area contributed by atoms with Crippen molar-refractivity contribution in [2.24, 2.45) is 5.92 Å². The lowest BCUT2D eigenvalue weighted by Crippen LogP contribution is -2.28. The average molecular weight is 332 g/mol. The van der Waals surface area contributed by atoms with E-state index in [1.165, 1.54) is 38.2 Å². The van der Waals surface area contributed by atoms with Gasteiger partial charge in [-0.3, -0.25) is 4.79 Å². The van der Waals surface area contributed by atoms with E-state index in [1.54, 1.807) is 0 Å². The smallest absolute Gasteiger partial charge is 0.265 e. The van der Waals surface area contributed by atoms with Gasteiger partial charge >= 0.3 is 0 Å². The maximum absolute atomic E-state index is 12.1. The summed E-state index contributed by atoms with van der Waals surface area (Å²) >= 11 is 0. The predicted molar refractivity (Wildman–Crippen MR) is 80.3 cm³/mol. The molecule has 7 heteroatoms. The Balaban J connectivity index is 2.13. The Labute approximate surface area is 129 Å². The van der Waals surface area contributed by atoms with E-state index in [-0.39, 0.29) is 22.1 Å². The second-order valence-corrected chi connectivity index (χ2v) is 7.70. The Morgan fingerprint density at radius 2 is 2.05 bits per heavy atom. The molecule has 0 saturated heterocycles. The van der Waals surface area contributed by atoms with Crippen LogP contribution in [0.25, 0.3) is 0 Å². The quantitative estimate of drug-likeness (QED) is 0.841. The molecule has 0 radical (unpaired) electrons. The molecule has 116 valence electrons. The summed E-state index contributed by atoms with van der Waals surface area (Å²) in [5, 5.41) is 2.84. The number of hydrogen-bond acceptors (Lipinski definition) is 4. The van der Waals surface area contributed by atoms with Crippen LogP contribution in [-0.2, 0) is 9.05 Å². The summed E-state index contributed by atoms with van der Waals surface area (Å²) in [6, 6.07) is 4.19. The van der Waals surface area contributed by atoms with Crippen molar-refractivity contribution in [3.05, 3.63) is 23.8 Å². The molecule has 1 N–H and O–H groups in total. The van der Waals surface area contributed by atoms with Crippen molar-refractivity contribution in [2.75, 3.05) is 13.7 Å². The minimum atomic E-state index is -3.96. The van der Waals surface area contributed by atoms with E-state index < -0.39 is 9.05 Å². The molecule has 0 aromatic heterocycles. The Kier molecular flexibility index (Phi) is 5.11. The van der Waals surface area contributed by atoms with Crippen molar-refractivity contribution < 1.29 is 17.9 Å². The first-order valence-electron chi connectivity index (χ1n) is 6.82. The van der Waals surface area contributed by atoms with E-state index in [1.807, 2.05) is 0 Å². The zero-order valence-electron chi connectivity index (χ0n) is 11.8. The molecule has 1 aromatic carbocycles. The van der Waals surface area contributed by atoms with Crippen LogP contribution in [0.5, 0.6) is 5.75 Å². The lowest BCUT2D eigenvalue weighted by molar-refractivity contribution is 0.0947. The summed E-state index contributed by atoms with van der Waals surface area (Å²) in [4.78, 5) is 11.9. The largest absolute Gasteiger partial charge is 0.495 e. The highest BCUT2D eigenvalue weighted by Crippen LogP contribution is 2.28. The fourth-order valence-corrected chi connectivity index (χ4v) is 3.58. The number of benzene rings is 1. The van der Waals surface area contributed by atoms with Crippen LogP contribution in [0.1, 0.15) is 36.0 Å². The molecule has 5 nitrogen and oxygen atoms in total. The molecule has 0 unspecified atom stereocenters. The second-order valence-electron chi connectivity index (χ2n) is 5.16. The van der Waals surface area contributed by atoms with Crippen molar-refractivity contribution >= 4 is 25.6 Å². The number of amides is 1. The van der Waals surface area contributed by atoms with Gasteiger partial charge in [-0.25, -0.2) is 8.42 Å². The zero-order valence-corrected chi connectivity index (χ0v) is 13.3. The fourth-order valence-electron chi connectivity index (χ4n) is 2.56. The fraction of sp³-hybridized carbons (Fsp3) is 0.500. The number of halogens is 1. The number of hydrogen-bond donors (Lipinski definition) is 1. The Morgan fingerprint density at radius 1 is 1.38 bits per heavy atom. The number of nitrogens with one attached hydrogen (secondary N) is 1. The van der Waals surface area contributed by atoms with Gasteiger partial charge in [-0.2, -0.15) is 0 Å². The molecule has 1 saturated carbocycles. The van der Waals surface area contributed by atoms with E-state index in [0.29, 0.717) is 12.5 Å². The Morgan fingerprint density at radius 3 is 2.62 bits per heavy atom. The second kappa shape index (κ2) is 6.66. The third kappa shape index (κ3) is 4.11. The van der Waals surface area contributed by atoms with Crippen LogP contribution in [-0.4, -0.2) is 28.0 Å². The monoisotopic (exact) mass is 331 g/mol. The highest BCUT2D eigenvalue weighted by atomic mass is 35.7. The summed E-state index contributed by atoms with van der Waals surface area (Å²) in [7, 11) is 2.74. The molecule has 1 fully saturated rings. The van der Waals surface area contributed by atoms with E-state index in [9.17, 15) is 13.2 Å². The Hall–Kier alpha value is -1.27. The van der Waals surface area contributed by atoms with E-state index >= 15 is 0 Å². The van der Waals surface area contributed by atoms with Gasteiger partial charge in [-0.05, 0) is 37.0 Å². The van der Waals surface area contributed by atoms with Crippen LogP contribution in [0.3, 0.4) is 0 Å². The van der Waals surface area contributed by atoms with Crippen LogP contribution >= 0.6 is 10.7 Å². The lowest BCUT2D eigenvalue weighted by atomic mass is 10.1. The first kappa shape index (κ1) is 16.1. The average Bonchev–Trinajstić information content (AvgIpc) is 2.96. The summed E-state index contributed by atoms with van der Waals surface area (Å²) in [6.45, 7) is 0.619. The summed E-state index contributed by atoms with van der Waals surface area (Å²) in [5.74, 6) is 0.340. The molecule has 1 aromatic rings. The van der Waals surface area contributed by atoms with Gasteiger partial charge in [0, 0.05) is 22.8 Å². The van der Waals surface area contributed by atoms with Gasteiger partial charge in [0.05, 0.1) is 7.11 Å². The van der Waals surface area contributed by atoms with Crippen molar-refractivity contribution in [2.45, 2.75) is 30.6 Å². The molecule has 1 aliphatic rings. The third-order valence-electron chi connectivity index (χ3n) is 3.71. The van der Waals surface area contributed by atoms with Crippen molar-refractivity contribution in [3.8, 4) is 5.75 Å². The first-order valence-corrected chi connectivity index (χ1v) is 9.13. The molecule has 0 atom stereocenters. The van der Waals surface area contributed by atoms with Crippen LogP contribution < -0.4 is 10.1 Å². The normalized spacial score (nSPS) is 15.9. The minimum absolute atomic E-state index is 0.123. The molecule has 1 aliphatic carbocycles.